The normalized spacial score (nSPS) is 7.00. The lowest BCUT2D eigenvalue weighted by molar-refractivity contribution is -0.434. The van der Waals surface area contributed by atoms with E-state index in [1.807, 2.05) is 0 Å². The monoisotopic (exact) mass is 388 g/mol. The number of rotatable bonds is 0. The molecule has 0 unspecified atom stereocenters. The Kier molecular flexibility index (Phi) is 132. The van der Waals surface area contributed by atoms with E-state index in [0.717, 1.165) is 0 Å². The third-order valence-corrected chi connectivity index (χ3v) is 0. The average molecular weight is 388 g/mol. The molecule has 148 valence electrons. The number of nitrogens with two attached hydrogens (primary N) is 6. The maximum absolute atomic E-state index is 8.55. The Labute approximate surface area is 125 Å². The van der Waals surface area contributed by atoms with Crippen molar-refractivity contribution in [1.82, 2.24) is 0 Å². The van der Waals surface area contributed by atoms with Crippen LogP contribution in [0.3, 0.4) is 0 Å². The fraction of sp³-hybridized carbons (Fsp3) is 0. The van der Waals surface area contributed by atoms with Crippen LogP contribution >= 0.6 is 15.6 Å². The second kappa shape index (κ2) is 58.6. The molecule has 22 heteroatoms. The summed E-state index contributed by atoms with van der Waals surface area (Å²) >= 11 is 0. The molecule has 0 bridgehead atoms. The van der Waals surface area contributed by atoms with Gasteiger partial charge in [0.15, 0.2) is 0 Å². The van der Waals surface area contributed by atoms with E-state index >= 15 is 0 Å². The highest BCUT2D eigenvalue weighted by Gasteiger charge is 1.45. The molecule has 0 aliphatic carbocycles. The van der Waals surface area contributed by atoms with E-state index in [0.29, 0.717) is 0 Å². The molecule has 0 aliphatic heterocycles. The minimum Gasteiger partial charge on any atom is -0.822 e. The van der Waals surface area contributed by atoms with Crippen LogP contribution in [0.15, 0.2) is 0 Å². The summed E-state index contributed by atoms with van der Waals surface area (Å²) in [5, 5.41) is 0. The summed E-state index contributed by atoms with van der Waals surface area (Å²) in [5.41, 5.74) is 0. The van der Waals surface area contributed by atoms with Crippen molar-refractivity contribution >= 4 is 15.6 Å². The van der Waals surface area contributed by atoms with Gasteiger partial charge in [0, 0.05) is 0 Å². The van der Waals surface area contributed by atoms with E-state index in [9.17, 15) is 0 Å². The molecule has 30 N–H and O–H groups in total. The van der Waals surface area contributed by atoms with Crippen LogP contribution in [-0.4, -0.2) is 0 Å². The van der Waals surface area contributed by atoms with E-state index in [2.05, 4.69) is 70.1 Å². The van der Waals surface area contributed by atoms with Gasteiger partial charge >= 0.3 is 0 Å². The quantitative estimate of drug-likeness (QED) is 0.104. The number of hydrogen-bond donors (Lipinski definition) is 12. The Bertz CT molecular complexity index is 141. The van der Waals surface area contributed by atoms with Crippen LogP contribution in [0.25, 0.3) is 0 Å². The summed E-state index contributed by atoms with van der Waals surface area (Å²) in [6.07, 6.45) is 0. The van der Waals surface area contributed by atoms with Crippen LogP contribution in [-0.2, 0) is 9.13 Å². The molecule has 0 aromatic heterocycles. The first-order chi connectivity index (χ1) is 10.0. The van der Waals surface area contributed by atoms with Gasteiger partial charge in [0.1, 0.15) is 0 Å². The SMILES string of the molecule is N[NH3+].N[NH3+].N[NH3+].N[NH3+].N[NH3+].N[NH3+].O=P([O-])([O-])[O-].O=P([O-])([O-])[O-]. The third kappa shape index (κ3) is 103000. The van der Waals surface area contributed by atoms with E-state index in [4.69, 9.17) is 38.5 Å². The fourth-order valence-corrected chi connectivity index (χ4v) is 0. The van der Waals surface area contributed by atoms with E-state index in [1.54, 1.807) is 0 Å². The standard InChI is InChI=1S/6H4N2.2H3O4P/c6*1-2;2*1-5(2,3)4/h6*1-2H2;2*(H3,1,2,3,4). The van der Waals surface area contributed by atoms with Crippen LogP contribution in [0.2, 0.25) is 0 Å². The zero-order valence-electron chi connectivity index (χ0n) is 11.9. The van der Waals surface area contributed by atoms with Gasteiger partial charge < -0.3 is 38.5 Å². The number of quaternary nitrogens is 6. The minimum absolute atomic E-state index is 2.75. The van der Waals surface area contributed by atoms with Crippen molar-refractivity contribution in [2.24, 2.45) is 35.1 Å². The van der Waals surface area contributed by atoms with Crippen LogP contribution in [0, 0.1) is 0 Å². The summed E-state index contributed by atoms with van der Waals surface area (Å²) < 4.78 is 17.1. The smallest absolute Gasteiger partial charge is 0.159 e. The zero-order chi connectivity index (χ0) is 21.0. The topological polar surface area (TPSA) is 494 Å². The average Bonchev–Trinajstić information content (AvgIpc) is 2.48. The number of hydrogen-bond acceptors (Lipinski definition) is 14. The van der Waals surface area contributed by atoms with Gasteiger partial charge in [-0.25, -0.2) is 0 Å². The van der Waals surface area contributed by atoms with E-state index < -0.39 is 15.6 Å². The molecule has 0 atom stereocenters. The Morgan fingerprint density at radius 2 is 0.409 bits per heavy atom. The van der Waals surface area contributed by atoms with Crippen molar-refractivity contribution < 1.29 is 73.5 Å². The van der Waals surface area contributed by atoms with Gasteiger partial charge in [-0.2, -0.15) is 50.7 Å². The molecule has 0 fully saturated rings. The predicted octanol–water partition coefficient (Wildman–Crippen LogP) is -17.0. The summed E-state index contributed by atoms with van der Waals surface area (Å²) in [7, 11) is -10.8. The first kappa shape index (κ1) is 49.5. The molecule has 0 aromatic carbocycles. The van der Waals surface area contributed by atoms with E-state index in [1.165, 1.54) is 0 Å². The van der Waals surface area contributed by atoms with Gasteiger partial charge in [0.2, 0.25) is 0 Å². The zero-order valence-corrected chi connectivity index (χ0v) is 13.7. The first-order valence-electron chi connectivity index (χ1n) is 3.91. The highest BCUT2D eigenvalue weighted by Crippen LogP contribution is 2.03. The lowest BCUT2D eigenvalue weighted by Crippen LogP contribution is -2.59. The molecule has 0 aromatic rings. The maximum Gasteiger partial charge on any atom is -0.159 e. The van der Waals surface area contributed by atoms with Crippen LogP contribution in [0.5, 0.6) is 0 Å². The van der Waals surface area contributed by atoms with Crippen molar-refractivity contribution in [1.29, 1.82) is 0 Å². The van der Waals surface area contributed by atoms with Crippen LogP contribution < -0.4 is 99.5 Å². The molecular formula is H30N12O8P2. The highest BCUT2D eigenvalue weighted by molar-refractivity contribution is 7.40. The second-order valence-corrected chi connectivity index (χ2v) is 2.68. The second-order valence-electron chi connectivity index (χ2n) is 0.894. The molecule has 0 aliphatic rings. The Morgan fingerprint density at radius 1 is 0.409 bits per heavy atom. The fourth-order valence-electron chi connectivity index (χ4n) is 0. The minimum atomic E-state index is -5.39. The maximum atomic E-state index is 8.55. The largest absolute Gasteiger partial charge is 0.822 e. The van der Waals surface area contributed by atoms with Crippen LogP contribution in [0.4, 0.5) is 0 Å². The molecule has 0 saturated carbocycles. The Morgan fingerprint density at radius 3 is 0.409 bits per heavy atom. The molecule has 0 heterocycles. The Balaban J connectivity index is -0.0000000180. The van der Waals surface area contributed by atoms with Crippen molar-refractivity contribution in [2.75, 3.05) is 0 Å². The van der Waals surface area contributed by atoms with Crippen molar-refractivity contribution in [3.63, 3.8) is 0 Å². The van der Waals surface area contributed by atoms with Gasteiger partial charge in [-0.1, -0.05) is 0 Å². The van der Waals surface area contributed by atoms with Gasteiger partial charge in [-0.3, -0.25) is 35.1 Å². The lowest BCUT2D eigenvalue weighted by Gasteiger charge is -2.36. The predicted molar refractivity (Wildman–Crippen MR) is 57.7 cm³/mol. The third-order valence-electron chi connectivity index (χ3n) is 0. The lowest BCUT2D eigenvalue weighted by atomic mass is 13.0. The molecule has 22 heavy (non-hydrogen) atoms. The van der Waals surface area contributed by atoms with Gasteiger partial charge in [-0.05, 0) is 0 Å². The summed E-state index contributed by atoms with van der Waals surface area (Å²) in [6.45, 7) is 0. The molecule has 0 radical (unpaired) electrons. The van der Waals surface area contributed by atoms with Crippen molar-refractivity contribution in [3.05, 3.63) is 0 Å². The van der Waals surface area contributed by atoms with Crippen molar-refractivity contribution in [3.8, 4) is 0 Å². The molecule has 0 amide bonds. The summed E-state index contributed by atoms with van der Waals surface area (Å²) in [4.78, 5) is 51.3. The molecule has 0 saturated heterocycles. The number of phosphoric acid groups is 2. The van der Waals surface area contributed by atoms with Gasteiger partial charge in [0.25, 0.3) is 0 Å². The van der Waals surface area contributed by atoms with Gasteiger partial charge in [0.05, 0.1) is 0 Å². The Hall–Kier alpha value is -0.260. The van der Waals surface area contributed by atoms with Gasteiger partial charge in [-0.15, -0.1) is 0 Å². The van der Waals surface area contributed by atoms with Crippen LogP contribution in [0.1, 0.15) is 0 Å². The molecule has 20 nitrogen and oxygen atoms in total. The van der Waals surface area contributed by atoms with E-state index in [-0.39, 0.29) is 0 Å². The first-order valence-corrected chi connectivity index (χ1v) is 6.83. The van der Waals surface area contributed by atoms with Crippen molar-refractivity contribution in [2.45, 2.75) is 0 Å². The highest BCUT2D eigenvalue weighted by atomic mass is 31.2. The summed E-state index contributed by atoms with van der Waals surface area (Å²) in [6, 6.07) is 0. The molecule has 0 spiro atoms. The molecule has 0 rings (SSSR count). The molecular weight excluding hydrogens is 358 g/mol. The summed E-state index contributed by atoms with van der Waals surface area (Å²) in [5.74, 6) is 42.0.